The van der Waals surface area contributed by atoms with Crippen LogP contribution in [-0.4, -0.2) is 34.2 Å². The van der Waals surface area contributed by atoms with E-state index >= 15 is 0 Å². The molecule has 4 nitrogen and oxygen atoms in total. The van der Waals surface area contributed by atoms with Crippen molar-refractivity contribution in [1.82, 2.24) is 9.88 Å². The van der Waals surface area contributed by atoms with E-state index in [2.05, 4.69) is 16.0 Å². The van der Waals surface area contributed by atoms with Gasteiger partial charge in [0.1, 0.15) is 0 Å². The van der Waals surface area contributed by atoms with E-state index in [0.29, 0.717) is 5.92 Å². The minimum atomic E-state index is -0.221. The quantitative estimate of drug-likeness (QED) is 0.838. The Morgan fingerprint density at radius 2 is 2.30 bits per heavy atom. The zero-order valence-electron chi connectivity index (χ0n) is 11.8. The van der Waals surface area contributed by atoms with Crippen LogP contribution in [0.1, 0.15) is 18.9 Å². The Morgan fingerprint density at radius 1 is 1.45 bits per heavy atom. The maximum absolute atomic E-state index is 9.69. The number of aromatic nitrogens is 1. The first-order valence-electron chi connectivity index (χ1n) is 7.17. The fourth-order valence-electron chi connectivity index (χ4n) is 3.02. The van der Waals surface area contributed by atoms with E-state index < -0.39 is 0 Å². The van der Waals surface area contributed by atoms with E-state index in [1.54, 1.807) is 0 Å². The predicted molar refractivity (Wildman–Crippen MR) is 81.2 cm³/mol. The van der Waals surface area contributed by atoms with Gasteiger partial charge in [0.25, 0.3) is 0 Å². The minimum absolute atomic E-state index is 0.221. The summed E-state index contributed by atoms with van der Waals surface area (Å²) in [5, 5.41) is 10.7. The Kier molecular flexibility index (Phi) is 3.59. The zero-order valence-corrected chi connectivity index (χ0v) is 11.8. The largest absolute Gasteiger partial charge is 0.398 e. The highest BCUT2D eigenvalue weighted by Crippen LogP contribution is 2.26. The number of fused-ring (bicyclic) bond motifs is 1. The monoisotopic (exact) mass is 271 g/mol. The van der Waals surface area contributed by atoms with E-state index in [-0.39, 0.29) is 6.10 Å². The van der Waals surface area contributed by atoms with Crippen LogP contribution in [0.2, 0.25) is 0 Å². The van der Waals surface area contributed by atoms with E-state index in [4.69, 9.17) is 5.73 Å². The summed E-state index contributed by atoms with van der Waals surface area (Å²) in [6.45, 7) is 4.75. The van der Waals surface area contributed by atoms with Crippen molar-refractivity contribution in [2.45, 2.75) is 26.0 Å². The number of rotatable bonds is 3. The van der Waals surface area contributed by atoms with Gasteiger partial charge in [-0.1, -0.05) is 6.07 Å². The number of aliphatic hydroxyl groups is 1. The number of hydrogen-bond acceptors (Lipinski definition) is 4. The van der Waals surface area contributed by atoms with Gasteiger partial charge in [0, 0.05) is 30.4 Å². The molecule has 2 unspecified atom stereocenters. The number of likely N-dealkylation sites (tertiary alicyclic amines) is 1. The molecule has 1 aliphatic heterocycles. The molecule has 1 aliphatic rings. The molecule has 1 fully saturated rings. The first kappa shape index (κ1) is 13.3. The van der Waals surface area contributed by atoms with Crippen molar-refractivity contribution in [3.05, 3.63) is 36.0 Å². The highest BCUT2D eigenvalue weighted by Gasteiger charge is 2.26. The average Bonchev–Trinajstić information content (AvgIpc) is 2.91. The van der Waals surface area contributed by atoms with E-state index in [1.807, 2.05) is 31.3 Å². The molecular formula is C16H21N3O. The van der Waals surface area contributed by atoms with Gasteiger partial charge in [-0.05, 0) is 49.6 Å². The van der Waals surface area contributed by atoms with E-state index in [1.165, 1.54) is 5.56 Å². The number of anilines is 1. The smallest absolute Gasteiger partial charge is 0.0767 e. The van der Waals surface area contributed by atoms with Gasteiger partial charge in [0.15, 0.2) is 0 Å². The molecule has 2 aromatic rings. The van der Waals surface area contributed by atoms with E-state index in [0.717, 1.165) is 42.6 Å². The molecule has 20 heavy (non-hydrogen) atoms. The molecule has 3 N–H and O–H groups in total. The Hall–Kier alpha value is -1.65. The Labute approximate surface area is 119 Å². The highest BCUT2D eigenvalue weighted by atomic mass is 16.3. The second kappa shape index (κ2) is 5.38. The third kappa shape index (κ3) is 2.49. The normalized spacial score (nSPS) is 21.4. The summed E-state index contributed by atoms with van der Waals surface area (Å²) in [5.41, 5.74) is 8.99. The lowest BCUT2D eigenvalue weighted by Gasteiger charge is -2.18. The molecule has 0 amide bonds. The summed E-state index contributed by atoms with van der Waals surface area (Å²) >= 11 is 0. The number of hydrogen-bond donors (Lipinski definition) is 2. The molecule has 0 saturated carbocycles. The molecule has 0 radical (unpaired) electrons. The molecule has 1 aromatic carbocycles. The number of pyridine rings is 1. The van der Waals surface area contributed by atoms with Crippen LogP contribution >= 0.6 is 0 Å². The number of nitrogens with zero attached hydrogens (tertiary/aromatic N) is 2. The van der Waals surface area contributed by atoms with Crippen LogP contribution in [-0.2, 0) is 6.54 Å². The molecule has 0 aliphatic carbocycles. The Balaban J connectivity index is 1.84. The van der Waals surface area contributed by atoms with Crippen molar-refractivity contribution in [2.24, 2.45) is 5.92 Å². The van der Waals surface area contributed by atoms with Gasteiger partial charge in [0.2, 0.25) is 0 Å². The van der Waals surface area contributed by atoms with Crippen LogP contribution < -0.4 is 5.73 Å². The van der Waals surface area contributed by atoms with Crippen LogP contribution in [0.5, 0.6) is 0 Å². The van der Waals surface area contributed by atoms with Crippen molar-refractivity contribution >= 4 is 16.6 Å². The SMILES string of the molecule is CC(O)C1CCN(Cc2ccc(N)c3cccnc23)C1. The highest BCUT2D eigenvalue weighted by molar-refractivity contribution is 5.92. The molecule has 0 bridgehead atoms. The minimum Gasteiger partial charge on any atom is -0.398 e. The maximum Gasteiger partial charge on any atom is 0.0767 e. The predicted octanol–water partition coefficient (Wildman–Crippen LogP) is 2.02. The van der Waals surface area contributed by atoms with Crippen molar-refractivity contribution in [3.8, 4) is 0 Å². The summed E-state index contributed by atoms with van der Waals surface area (Å²) in [6.07, 6.45) is 2.66. The van der Waals surface area contributed by atoms with E-state index in [9.17, 15) is 5.11 Å². The average molecular weight is 271 g/mol. The Bertz CT molecular complexity index is 612. The fourth-order valence-corrected chi connectivity index (χ4v) is 3.02. The van der Waals surface area contributed by atoms with Gasteiger partial charge in [-0.25, -0.2) is 0 Å². The van der Waals surface area contributed by atoms with Crippen molar-refractivity contribution in [2.75, 3.05) is 18.8 Å². The van der Waals surface area contributed by atoms with Crippen molar-refractivity contribution in [3.63, 3.8) is 0 Å². The van der Waals surface area contributed by atoms with Gasteiger partial charge in [-0.3, -0.25) is 9.88 Å². The maximum atomic E-state index is 9.69. The van der Waals surface area contributed by atoms with Crippen LogP contribution in [0.3, 0.4) is 0 Å². The number of aliphatic hydroxyl groups excluding tert-OH is 1. The number of nitrogen functional groups attached to an aromatic ring is 1. The third-order valence-corrected chi connectivity index (χ3v) is 4.27. The van der Waals surface area contributed by atoms with Crippen LogP contribution in [0.15, 0.2) is 30.5 Å². The molecule has 2 heterocycles. The summed E-state index contributed by atoms with van der Waals surface area (Å²) in [4.78, 5) is 6.87. The number of benzene rings is 1. The van der Waals surface area contributed by atoms with Gasteiger partial charge >= 0.3 is 0 Å². The molecule has 0 spiro atoms. The molecule has 1 saturated heterocycles. The molecular weight excluding hydrogens is 250 g/mol. The molecule has 1 aromatic heterocycles. The second-order valence-electron chi connectivity index (χ2n) is 5.74. The molecule has 2 atom stereocenters. The first-order chi connectivity index (χ1) is 9.65. The lowest BCUT2D eigenvalue weighted by molar-refractivity contribution is 0.127. The van der Waals surface area contributed by atoms with Crippen molar-refractivity contribution in [1.29, 1.82) is 0 Å². The van der Waals surface area contributed by atoms with Gasteiger partial charge in [-0.15, -0.1) is 0 Å². The molecule has 3 rings (SSSR count). The summed E-state index contributed by atoms with van der Waals surface area (Å²) < 4.78 is 0. The molecule has 106 valence electrons. The fraction of sp³-hybridized carbons (Fsp3) is 0.438. The van der Waals surface area contributed by atoms with Crippen molar-refractivity contribution < 1.29 is 5.11 Å². The van der Waals surface area contributed by atoms with Crippen LogP contribution in [0, 0.1) is 5.92 Å². The second-order valence-corrected chi connectivity index (χ2v) is 5.74. The first-order valence-corrected chi connectivity index (χ1v) is 7.17. The zero-order chi connectivity index (χ0) is 14.1. The number of nitrogens with two attached hydrogens (primary N) is 1. The third-order valence-electron chi connectivity index (χ3n) is 4.27. The summed E-state index contributed by atoms with van der Waals surface area (Å²) in [5.74, 6) is 0.392. The van der Waals surface area contributed by atoms with Crippen LogP contribution in [0.4, 0.5) is 5.69 Å². The lowest BCUT2D eigenvalue weighted by atomic mass is 10.0. The Morgan fingerprint density at radius 3 is 3.05 bits per heavy atom. The molecule has 4 heteroatoms. The standard InChI is InChI=1S/C16H21N3O/c1-11(20)12-6-8-19(9-12)10-13-4-5-15(17)14-3-2-7-18-16(13)14/h2-5,7,11-12,20H,6,8-10,17H2,1H3. The van der Waals surface area contributed by atoms with Gasteiger partial charge in [0.05, 0.1) is 11.6 Å². The summed E-state index contributed by atoms with van der Waals surface area (Å²) in [7, 11) is 0. The van der Waals surface area contributed by atoms with Gasteiger partial charge in [-0.2, -0.15) is 0 Å². The van der Waals surface area contributed by atoms with Crippen LogP contribution in [0.25, 0.3) is 10.9 Å². The summed E-state index contributed by atoms with van der Waals surface area (Å²) in [6, 6.07) is 7.97. The van der Waals surface area contributed by atoms with Gasteiger partial charge < -0.3 is 10.8 Å². The topological polar surface area (TPSA) is 62.4 Å². The lowest BCUT2D eigenvalue weighted by Crippen LogP contribution is -2.24.